The second kappa shape index (κ2) is 4.38. The summed E-state index contributed by atoms with van der Waals surface area (Å²) in [7, 11) is 0. The molecule has 0 saturated heterocycles. The standard InChI is InChI=1S/C13H14N4/c1-9(2)13-10(3)17(16-15-13)12-7-5-6-11(8-12)14-4/h5-9H,1-3H3. The summed E-state index contributed by atoms with van der Waals surface area (Å²) >= 11 is 0. The maximum Gasteiger partial charge on any atom is 0.189 e. The summed E-state index contributed by atoms with van der Waals surface area (Å²) < 4.78 is 1.78. The molecule has 4 heteroatoms. The lowest BCUT2D eigenvalue weighted by molar-refractivity contribution is 0.773. The van der Waals surface area contributed by atoms with E-state index >= 15 is 0 Å². The summed E-state index contributed by atoms with van der Waals surface area (Å²) in [5, 5.41) is 8.33. The van der Waals surface area contributed by atoms with Gasteiger partial charge in [0.2, 0.25) is 0 Å². The Hall–Kier alpha value is -2.15. The van der Waals surface area contributed by atoms with Crippen molar-refractivity contribution in [2.75, 3.05) is 0 Å². The average molecular weight is 226 g/mol. The van der Waals surface area contributed by atoms with Crippen molar-refractivity contribution < 1.29 is 0 Å². The summed E-state index contributed by atoms with van der Waals surface area (Å²) in [6.45, 7) is 13.2. The minimum atomic E-state index is 0.354. The summed E-state index contributed by atoms with van der Waals surface area (Å²) in [6, 6.07) is 7.39. The monoisotopic (exact) mass is 226 g/mol. The van der Waals surface area contributed by atoms with E-state index in [0.29, 0.717) is 11.6 Å². The van der Waals surface area contributed by atoms with Gasteiger partial charge in [-0.15, -0.1) is 5.10 Å². The van der Waals surface area contributed by atoms with Crippen LogP contribution >= 0.6 is 0 Å². The SMILES string of the molecule is [C-]#[N+]c1cccc(-n2nnc(C(C)C)c2C)c1. The molecular weight excluding hydrogens is 212 g/mol. The van der Waals surface area contributed by atoms with E-state index in [1.807, 2.05) is 25.1 Å². The summed E-state index contributed by atoms with van der Waals surface area (Å²) in [6.07, 6.45) is 0. The van der Waals surface area contributed by atoms with Crippen molar-refractivity contribution in [3.8, 4) is 5.69 Å². The Balaban J connectivity index is 2.50. The van der Waals surface area contributed by atoms with E-state index in [2.05, 4.69) is 29.0 Å². The number of rotatable bonds is 2. The minimum absolute atomic E-state index is 0.354. The number of hydrogen-bond acceptors (Lipinski definition) is 2. The van der Waals surface area contributed by atoms with Gasteiger partial charge >= 0.3 is 0 Å². The van der Waals surface area contributed by atoms with Gasteiger partial charge in [0.15, 0.2) is 5.69 Å². The van der Waals surface area contributed by atoms with Gasteiger partial charge in [-0.1, -0.05) is 31.2 Å². The van der Waals surface area contributed by atoms with Gasteiger partial charge in [0, 0.05) is 0 Å². The molecule has 0 aliphatic carbocycles. The fourth-order valence-corrected chi connectivity index (χ4v) is 1.81. The van der Waals surface area contributed by atoms with Crippen molar-refractivity contribution in [1.29, 1.82) is 0 Å². The minimum Gasteiger partial charge on any atom is -0.238 e. The molecule has 0 fully saturated rings. The second-order valence-corrected chi connectivity index (χ2v) is 4.26. The number of aromatic nitrogens is 3. The zero-order valence-electron chi connectivity index (χ0n) is 10.2. The lowest BCUT2D eigenvalue weighted by Gasteiger charge is -2.05. The average Bonchev–Trinajstić information content (AvgIpc) is 2.71. The van der Waals surface area contributed by atoms with Gasteiger partial charge in [0.05, 0.1) is 23.6 Å². The Bertz CT molecular complexity index is 575. The van der Waals surface area contributed by atoms with Crippen LogP contribution < -0.4 is 0 Å². The molecule has 2 aromatic rings. The van der Waals surface area contributed by atoms with E-state index in [4.69, 9.17) is 6.57 Å². The van der Waals surface area contributed by atoms with Gasteiger partial charge in [-0.05, 0) is 25.0 Å². The fraction of sp³-hybridized carbons (Fsp3) is 0.308. The first-order valence-corrected chi connectivity index (χ1v) is 5.53. The summed E-state index contributed by atoms with van der Waals surface area (Å²) in [5.41, 5.74) is 3.53. The molecule has 0 atom stereocenters. The highest BCUT2D eigenvalue weighted by Crippen LogP contribution is 2.21. The van der Waals surface area contributed by atoms with E-state index in [9.17, 15) is 0 Å². The molecule has 0 saturated carbocycles. The van der Waals surface area contributed by atoms with Crippen LogP contribution in [-0.2, 0) is 0 Å². The highest BCUT2D eigenvalue weighted by atomic mass is 15.4. The van der Waals surface area contributed by atoms with Gasteiger partial charge in [-0.2, -0.15) is 0 Å². The molecule has 0 N–H and O–H groups in total. The summed E-state index contributed by atoms with van der Waals surface area (Å²) in [5.74, 6) is 0.354. The molecule has 0 amide bonds. The quantitative estimate of drug-likeness (QED) is 0.737. The smallest absolute Gasteiger partial charge is 0.189 e. The summed E-state index contributed by atoms with van der Waals surface area (Å²) in [4.78, 5) is 3.42. The van der Waals surface area contributed by atoms with E-state index in [-0.39, 0.29) is 0 Å². The molecule has 86 valence electrons. The largest absolute Gasteiger partial charge is 0.238 e. The Morgan fingerprint density at radius 2 is 2.12 bits per heavy atom. The molecule has 17 heavy (non-hydrogen) atoms. The van der Waals surface area contributed by atoms with Gasteiger partial charge < -0.3 is 0 Å². The van der Waals surface area contributed by atoms with Crippen molar-refractivity contribution in [2.45, 2.75) is 26.7 Å². The molecule has 1 aromatic carbocycles. The topological polar surface area (TPSA) is 35.1 Å². The lowest BCUT2D eigenvalue weighted by atomic mass is 10.1. The van der Waals surface area contributed by atoms with Crippen LogP contribution in [0.25, 0.3) is 10.5 Å². The van der Waals surface area contributed by atoms with Crippen molar-refractivity contribution in [2.24, 2.45) is 0 Å². The van der Waals surface area contributed by atoms with Crippen LogP contribution in [0.2, 0.25) is 0 Å². The Morgan fingerprint density at radius 1 is 1.35 bits per heavy atom. The fourth-order valence-electron chi connectivity index (χ4n) is 1.81. The first-order chi connectivity index (χ1) is 8.13. The van der Waals surface area contributed by atoms with E-state index in [1.165, 1.54) is 0 Å². The third-order valence-corrected chi connectivity index (χ3v) is 2.68. The highest BCUT2D eigenvalue weighted by Gasteiger charge is 2.12. The van der Waals surface area contributed by atoms with Crippen molar-refractivity contribution in [1.82, 2.24) is 15.0 Å². The lowest BCUT2D eigenvalue weighted by Crippen LogP contribution is -1.99. The number of benzene rings is 1. The molecule has 2 rings (SSSR count). The van der Waals surface area contributed by atoms with Crippen LogP contribution in [0.15, 0.2) is 24.3 Å². The van der Waals surface area contributed by atoms with Crippen LogP contribution in [0.4, 0.5) is 5.69 Å². The van der Waals surface area contributed by atoms with E-state index in [1.54, 1.807) is 10.7 Å². The predicted octanol–water partition coefficient (Wildman–Crippen LogP) is 3.25. The van der Waals surface area contributed by atoms with Gasteiger partial charge in [0.1, 0.15) is 0 Å². The molecule has 0 unspecified atom stereocenters. The van der Waals surface area contributed by atoms with Crippen LogP contribution in [0.3, 0.4) is 0 Å². The molecule has 1 heterocycles. The molecule has 0 aliphatic rings. The van der Waals surface area contributed by atoms with Crippen LogP contribution in [0, 0.1) is 13.5 Å². The molecule has 0 bridgehead atoms. The Labute approximate surface area is 101 Å². The maximum atomic E-state index is 7.01. The molecule has 0 spiro atoms. The first-order valence-electron chi connectivity index (χ1n) is 5.53. The van der Waals surface area contributed by atoms with Crippen molar-refractivity contribution in [3.63, 3.8) is 0 Å². The first kappa shape index (κ1) is 11.3. The third kappa shape index (κ3) is 2.04. The van der Waals surface area contributed by atoms with Crippen LogP contribution in [0.5, 0.6) is 0 Å². The van der Waals surface area contributed by atoms with Crippen molar-refractivity contribution >= 4 is 5.69 Å². The molecule has 4 nitrogen and oxygen atoms in total. The van der Waals surface area contributed by atoms with E-state index in [0.717, 1.165) is 17.1 Å². The maximum absolute atomic E-state index is 7.01. The zero-order valence-corrected chi connectivity index (χ0v) is 10.2. The Kier molecular flexibility index (Phi) is 2.92. The second-order valence-electron chi connectivity index (χ2n) is 4.26. The molecule has 1 aromatic heterocycles. The number of nitrogens with zero attached hydrogens (tertiary/aromatic N) is 4. The molecular formula is C13H14N4. The van der Waals surface area contributed by atoms with Crippen LogP contribution in [-0.4, -0.2) is 15.0 Å². The predicted molar refractivity (Wildman–Crippen MR) is 66.4 cm³/mol. The third-order valence-electron chi connectivity index (χ3n) is 2.68. The van der Waals surface area contributed by atoms with Gasteiger partial charge in [0.25, 0.3) is 0 Å². The van der Waals surface area contributed by atoms with Crippen molar-refractivity contribution in [3.05, 3.63) is 47.1 Å². The Morgan fingerprint density at radius 3 is 2.71 bits per heavy atom. The number of hydrogen-bond donors (Lipinski definition) is 0. The van der Waals surface area contributed by atoms with E-state index < -0.39 is 0 Å². The van der Waals surface area contributed by atoms with Gasteiger partial charge in [-0.3, -0.25) is 0 Å². The highest BCUT2D eigenvalue weighted by molar-refractivity contribution is 5.52. The molecule has 0 radical (unpaired) electrons. The molecule has 0 aliphatic heterocycles. The normalized spacial score (nSPS) is 10.5. The zero-order chi connectivity index (χ0) is 12.4. The van der Waals surface area contributed by atoms with Gasteiger partial charge in [-0.25, -0.2) is 9.53 Å². The van der Waals surface area contributed by atoms with Crippen LogP contribution in [0.1, 0.15) is 31.2 Å².